The van der Waals surface area contributed by atoms with E-state index in [1.807, 2.05) is 0 Å². The molecule has 5 heteroatoms. The van der Waals surface area contributed by atoms with Gasteiger partial charge in [0.2, 0.25) is 0 Å². The molecule has 1 N–H and O–H groups in total. The van der Waals surface area contributed by atoms with Crippen LogP contribution in [0.15, 0.2) is 18.2 Å². The molecule has 1 aromatic rings. The zero-order valence-corrected chi connectivity index (χ0v) is 14.1. The largest absolute Gasteiger partial charge is 0.492 e. The molecule has 0 aliphatic carbocycles. The van der Waals surface area contributed by atoms with Crippen LogP contribution in [-0.2, 0) is 0 Å². The van der Waals surface area contributed by atoms with Gasteiger partial charge in [0, 0.05) is 32.2 Å². The summed E-state index contributed by atoms with van der Waals surface area (Å²) in [5, 5.41) is 3.38. The Hall–Kier alpha value is -0.480. The van der Waals surface area contributed by atoms with Crippen LogP contribution in [0.3, 0.4) is 0 Å². The second kappa shape index (κ2) is 9.46. The summed E-state index contributed by atoms with van der Waals surface area (Å²) in [6.07, 6.45) is 0. The standard InChI is InChI=1S/C15H24N2O.2ClH/c1-12-4-5-15(13(2)10-12)18-11-14(3)17-8-6-16-7-9-17;;/h4-5,10,14,16H,6-9,11H2,1-3H3;2*1H. The summed E-state index contributed by atoms with van der Waals surface area (Å²) in [6.45, 7) is 11.7. The number of nitrogens with zero attached hydrogens (tertiary/aromatic N) is 1. The van der Waals surface area contributed by atoms with Gasteiger partial charge >= 0.3 is 0 Å². The summed E-state index contributed by atoms with van der Waals surface area (Å²) < 4.78 is 5.94. The van der Waals surface area contributed by atoms with Crippen molar-refractivity contribution in [1.82, 2.24) is 10.2 Å². The maximum Gasteiger partial charge on any atom is 0.122 e. The van der Waals surface area contributed by atoms with Crippen LogP contribution >= 0.6 is 24.8 Å². The van der Waals surface area contributed by atoms with Gasteiger partial charge in [-0.3, -0.25) is 4.90 Å². The smallest absolute Gasteiger partial charge is 0.122 e. The minimum atomic E-state index is 0. The second-order valence-electron chi connectivity index (χ2n) is 5.21. The number of benzene rings is 1. The summed E-state index contributed by atoms with van der Waals surface area (Å²) in [5.74, 6) is 1.02. The number of aryl methyl sites for hydroxylation is 2. The Morgan fingerprint density at radius 3 is 2.45 bits per heavy atom. The van der Waals surface area contributed by atoms with Crippen LogP contribution in [0.4, 0.5) is 0 Å². The molecule has 1 heterocycles. The number of nitrogens with one attached hydrogen (secondary N) is 1. The van der Waals surface area contributed by atoms with Crippen molar-refractivity contribution in [3.63, 3.8) is 0 Å². The fourth-order valence-corrected chi connectivity index (χ4v) is 2.40. The van der Waals surface area contributed by atoms with E-state index in [1.165, 1.54) is 11.1 Å². The van der Waals surface area contributed by atoms with Gasteiger partial charge in [-0.05, 0) is 32.4 Å². The highest BCUT2D eigenvalue weighted by Crippen LogP contribution is 2.19. The molecule has 2 rings (SSSR count). The minimum absolute atomic E-state index is 0. The Bertz CT molecular complexity index is 395. The molecule has 1 saturated heterocycles. The molecule has 0 spiro atoms. The van der Waals surface area contributed by atoms with Crippen molar-refractivity contribution >= 4 is 24.8 Å². The van der Waals surface area contributed by atoms with Gasteiger partial charge < -0.3 is 10.1 Å². The van der Waals surface area contributed by atoms with Gasteiger partial charge in [0.15, 0.2) is 0 Å². The highest BCUT2D eigenvalue weighted by atomic mass is 35.5. The van der Waals surface area contributed by atoms with Gasteiger partial charge in [0.05, 0.1) is 0 Å². The van der Waals surface area contributed by atoms with Crippen molar-refractivity contribution < 1.29 is 4.74 Å². The molecule has 0 bridgehead atoms. The molecule has 1 aliphatic heterocycles. The Morgan fingerprint density at radius 2 is 1.85 bits per heavy atom. The van der Waals surface area contributed by atoms with Crippen LogP contribution in [0.25, 0.3) is 0 Å². The van der Waals surface area contributed by atoms with Crippen LogP contribution in [0.5, 0.6) is 5.75 Å². The van der Waals surface area contributed by atoms with E-state index in [0.29, 0.717) is 6.04 Å². The maximum absolute atomic E-state index is 5.94. The molecule has 1 aromatic carbocycles. The first-order chi connectivity index (χ1) is 8.66. The first kappa shape index (κ1) is 19.5. The molecule has 0 aromatic heterocycles. The van der Waals surface area contributed by atoms with E-state index in [9.17, 15) is 0 Å². The number of hydrogen-bond acceptors (Lipinski definition) is 3. The molecular formula is C15H26Cl2N2O. The summed E-state index contributed by atoms with van der Waals surface area (Å²) >= 11 is 0. The van der Waals surface area contributed by atoms with E-state index >= 15 is 0 Å². The van der Waals surface area contributed by atoms with Crippen LogP contribution in [0.1, 0.15) is 18.1 Å². The number of piperazine rings is 1. The summed E-state index contributed by atoms with van der Waals surface area (Å²) in [7, 11) is 0. The molecule has 0 saturated carbocycles. The SMILES string of the molecule is Cc1ccc(OCC(C)N2CCNCC2)c(C)c1.Cl.Cl. The van der Waals surface area contributed by atoms with Gasteiger partial charge in [0.1, 0.15) is 12.4 Å². The van der Waals surface area contributed by atoms with E-state index < -0.39 is 0 Å². The van der Waals surface area contributed by atoms with Gasteiger partial charge in [-0.15, -0.1) is 24.8 Å². The molecule has 1 aliphatic rings. The molecule has 0 radical (unpaired) electrons. The van der Waals surface area contributed by atoms with Crippen molar-refractivity contribution in [2.75, 3.05) is 32.8 Å². The lowest BCUT2D eigenvalue weighted by atomic mass is 10.1. The van der Waals surface area contributed by atoms with Gasteiger partial charge in [0.25, 0.3) is 0 Å². The first-order valence-corrected chi connectivity index (χ1v) is 6.81. The minimum Gasteiger partial charge on any atom is -0.492 e. The Morgan fingerprint density at radius 1 is 1.20 bits per heavy atom. The Balaban J connectivity index is 0.00000180. The number of ether oxygens (including phenoxy) is 1. The van der Waals surface area contributed by atoms with Gasteiger partial charge in [-0.2, -0.15) is 0 Å². The quantitative estimate of drug-likeness (QED) is 0.923. The van der Waals surface area contributed by atoms with E-state index in [-0.39, 0.29) is 24.8 Å². The second-order valence-corrected chi connectivity index (χ2v) is 5.21. The zero-order chi connectivity index (χ0) is 13.0. The molecule has 1 atom stereocenters. The van der Waals surface area contributed by atoms with Crippen LogP contribution in [0, 0.1) is 13.8 Å². The van der Waals surface area contributed by atoms with E-state index in [1.54, 1.807) is 0 Å². The normalized spacial score (nSPS) is 16.8. The van der Waals surface area contributed by atoms with Crippen molar-refractivity contribution in [3.8, 4) is 5.75 Å². The van der Waals surface area contributed by atoms with Crippen molar-refractivity contribution in [3.05, 3.63) is 29.3 Å². The molecular weight excluding hydrogens is 295 g/mol. The van der Waals surface area contributed by atoms with Crippen molar-refractivity contribution in [2.24, 2.45) is 0 Å². The number of halogens is 2. The molecule has 116 valence electrons. The summed E-state index contributed by atoms with van der Waals surface area (Å²) in [4.78, 5) is 2.49. The zero-order valence-electron chi connectivity index (χ0n) is 12.5. The highest BCUT2D eigenvalue weighted by Gasteiger charge is 2.16. The molecule has 0 amide bonds. The van der Waals surface area contributed by atoms with Crippen LogP contribution in [-0.4, -0.2) is 43.7 Å². The maximum atomic E-state index is 5.94. The van der Waals surface area contributed by atoms with Crippen molar-refractivity contribution in [2.45, 2.75) is 26.8 Å². The summed E-state index contributed by atoms with van der Waals surface area (Å²) in [6, 6.07) is 6.84. The van der Waals surface area contributed by atoms with E-state index in [4.69, 9.17) is 4.74 Å². The lowest BCUT2D eigenvalue weighted by molar-refractivity contribution is 0.131. The third-order valence-electron chi connectivity index (χ3n) is 3.59. The lowest BCUT2D eigenvalue weighted by Gasteiger charge is -2.32. The number of hydrogen-bond donors (Lipinski definition) is 1. The highest BCUT2D eigenvalue weighted by molar-refractivity contribution is 5.85. The molecule has 3 nitrogen and oxygen atoms in total. The topological polar surface area (TPSA) is 24.5 Å². The monoisotopic (exact) mass is 320 g/mol. The van der Waals surface area contributed by atoms with Crippen LogP contribution < -0.4 is 10.1 Å². The third kappa shape index (κ3) is 5.49. The third-order valence-corrected chi connectivity index (χ3v) is 3.59. The fraction of sp³-hybridized carbons (Fsp3) is 0.600. The van der Waals surface area contributed by atoms with E-state index in [0.717, 1.165) is 38.5 Å². The van der Waals surface area contributed by atoms with Crippen LogP contribution in [0.2, 0.25) is 0 Å². The number of rotatable bonds is 4. The van der Waals surface area contributed by atoms with Gasteiger partial charge in [-0.1, -0.05) is 17.7 Å². The Kier molecular flexibility index (Phi) is 9.23. The molecule has 20 heavy (non-hydrogen) atoms. The Labute approximate surface area is 134 Å². The predicted molar refractivity (Wildman–Crippen MR) is 89.8 cm³/mol. The lowest BCUT2D eigenvalue weighted by Crippen LogP contribution is -2.49. The predicted octanol–water partition coefficient (Wildman–Crippen LogP) is 2.82. The fourth-order valence-electron chi connectivity index (χ4n) is 2.40. The average molecular weight is 321 g/mol. The molecule has 1 fully saturated rings. The summed E-state index contributed by atoms with van der Waals surface area (Å²) in [5.41, 5.74) is 2.51. The average Bonchev–Trinajstić information content (AvgIpc) is 2.38. The molecule has 1 unspecified atom stereocenters. The van der Waals surface area contributed by atoms with E-state index in [2.05, 4.69) is 49.2 Å². The first-order valence-electron chi connectivity index (χ1n) is 6.81. The van der Waals surface area contributed by atoms with Crippen molar-refractivity contribution in [1.29, 1.82) is 0 Å². The van der Waals surface area contributed by atoms with Gasteiger partial charge in [-0.25, -0.2) is 0 Å².